The third-order valence-corrected chi connectivity index (χ3v) is 2.79. The minimum atomic E-state index is -2.71. The van der Waals surface area contributed by atoms with Gasteiger partial charge in [0.15, 0.2) is 5.82 Å². The van der Waals surface area contributed by atoms with Crippen LogP contribution in [0, 0.1) is 0 Å². The fraction of sp³-hybridized carbons (Fsp3) is 0.167. The Morgan fingerprint density at radius 1 is 1.50 bits per heavy atom. The Morgan fingerprint density at radius 2 is 2.25 bits per heavy atom. The fourth-order valence-corrected chi connectivity index (χ4v) is 1.76. The van der Waals surface area contributed by atoms with Crippen molar-refractivity contribution < 1.29 is 23.4 Å². The van der Waals surface area contributed by atoms with E-state index in [0.717, 1.165) is 6.20 Å². The van der Waals surface area contributed by atoms with Crippen LogP contribution in [0.5, 0.6) is 5.75 Å². The second kappa shape index (κ2) is 5.87. The van der Waals surface area contributed by atoms with Crippen molar-refractivity contribution in [3.63, 3.8) is 0 Å². The number of imidazole rings is 1. The molecule has 0 amide bonds. The van der Waals surface area contributed by atoms with Gasteiger partial charge in [0.25, 0.3) is 0 Å². The Labute approximate surface area is 117 Å². The molecule has 0 aliphatic heterocycles. The highest BCUT2D eigenvalue weighted by atomic mass is 35.5. The van der Waals surface area contributed by atoms with E-state index in [2.05, 4.69) is 4.98 Å². The van der Waals surface area contributed by atoms with Crippen LogP contribution in [0.1, 0.15) is 22.7 Å². The standard InChI is InChI=1S/C12H9ClF2N2O3/c13-8-5-7(11(18)19)1-2-9(8)20-6-10-16-3-4-17(10)12(14)15/h1-5,12H,6H2,(H,18,19). The first-order valence-electron chi connectivity index (χ1n) is 5.44. The van der Waals surface area contributed by atoms with Gasteiger partial charge in [-0.3, -0.25) is 4.57 Å². The second-order valence-corrected chi connectivity index (χ2v) is 4.17. The molecule has 0 fully saturated rings. The van der Waals surface area contributed by atoms with E-state index in [4.69, 9.17) is 21.4 Å². The summed E-state index contributed by atoms with van der Waals surface area (Å²) in [7, 11) is 0. The SMILES string of the molecule is O=C(O)c1ccc(OCc2nccn2C(F)F)c(Cl)c1. The highest BCUT2D eigenvalue weighted by molar-refractivity contribution is 6.32. The number of ether oxygens (including phenoxy) is 1. The first kappa shape index (κ1) is 14.3. The normalized spacial score (nSPS) is 10.8. The number of alkyl halides is 2. The van der Waals surface area contributed by atoms with Gasteiger partial charge in [-0.05, 0) is 18.2 Å². The molecule has 5 nitrogen and oxygen atoms in total. The molecule has 0 saturated heterocycles. The molecular formula is C12H9ClF2N2O3. The summed E-state index contributed by atoms with van der Waals surface area (Å²) in [5.41, 5.74) is 0.0106. The maximum atomic E-state index is 12.6. The Balaban J connectivity index is 2.11. The zero-order valence-electron chi connectivity index (χ0n) is 9.96. The number of hydrogen-bond donors (Lipinski definition) is 1. The molecule has 1 aromatic heterocycles. The Bertz CT molecular complexity index is 631. The number of halogens is 3. The maximum Gasteiger partial charge on any atom is 0.335 e. The Kier molecular flexibility index (Phi) is 4.19. The van der Waals surface area contributed by atoms with Gasteiger partial charge in [-0.2, -0.15) is 8.78 Å². The molecule has 2 aromatic rings. The molecule has 0 atom stereocenters. The molecule has 20 heavy (non-hydrogen) atoms. The summed E-state index contributed by atoms with van der Waals surface area (Å²) >= 11 is 5.85. The van der Waals surface area contributed by atoms with Crippen LogP contribution in [-0.2, 0) is 6.61 Å². The van der Waals surface area contributed by atoms with Crippen molar-refractivity contribution in [2.24, 2.45) is 0 Å². The average molecular weight is 303 g/mol. The molecule has 8 heteroatoms. The lowest BCUT2D eigenvalue weighted by atomic mass is 10.2. The van der Waals surface area contributed by atoms with E-state index < -0.39 is 12.5 Å². The van der Waals surface area contributed by atoms with E-state index in [1.54, 1.807) is 0 Å². The summed E-state index contributed by atoms with van der Waals surface area (Å²) in [5, 5.41) is 8.86. The van der Waals surface area contributed by atoms with Crippen LogP contribution < -0.4 is 4.74 Å². The summed E-state index contributed by atoms with van der Waals surface area (Å²) < 4.78 is 31.1. The van der Waals surface area contributed by atoms with Gasteiger partial charge in [0.05, 0.1) is 10.6 Å². The van der Waals surface area contributed by atoms with Gasteiger partial charge in [-0.15, -0.1) is 0 Å². The number of carboxylic acids is 1. The quantitative estimate of drug-likeness (QED) is 0.921. The number of nitrogens with zero attached hydrogens (tertiary/aromatic N) is 2. The maximum absolute atomic E-state index is 12.6. The first-order valence-corrected chi connectivity index (χ1v) is 5.82. The van der Waals surface area contributed by atoms with Gasteiger partial charge in [0.1, 0.15) is 12.4 Å². The number of carboxylic acid groups (broad SMARTS) is 1. The largest absolute Gasteiger partial charge is 0.484 e. The van der Waals surface area contributed by atoms with Crippen LogP contribution in [0.4, 0.5) is 8.78 Å². The monoisotopic (exact) mass is 302 g/mol. The van der Waals surface area contributed by atoms with Gasteiger partial charge < -0.3 is 9.84 Å². The highest BCUT2D eigenvalue weighted by Gasteiger charge is 2.13. The third kappa shape index (κ3) is 3.05. The molecule has 0 aliphatic rings. The number of aromatic nitrogens is 2. The van der Waals surface area contributed by atoms with Crippen molar-refractivity contribution in [3.05, 3.63) is 47.0 Å². The van der Waals surface area contributed by atoms with Crippen molar-refractivity contribution >= 4 is 17.6 Å². The van der Waals surface area contributed by atoms with E-state index in [1.165, 1.54) is 24.4 Å². The van der Waals surface area contributed by atoms with E-state index in [9.17, 15) is 13.6 Å². The number of hydrogen-bond acceptors (Lipinski definition) is 3. The van der Waals surface area contributed by atoms with Crippen LogP contribution in [0.25, 0.3) is 0 Å². The van der Waals surface area contributed by atoms with Gasteiger partial charge in [0.2, 0.25) is 0 Å². The smallest absolute Gasteiger partial charge is 0.335 e. The minimum Gasteiger partial charge on any atom is -0.484 e. The number of benzene rings is 1. The molecular weight excluding hydrogens is 294 g/mol. The molecule has 0 saturated carbocycles. The van der Waals surface area contributed by atoms with E-state index in [0.29, 0.717) is 4.57 Å². The van der Waals surface area contributed by atoms with Crippen molar-refractivity contribution in [1.29, 1.82) is 0 Å². The predicted molar refractivity (Wildman–Crippen MR) is 66.2 cm³/mol. The zero-order chi connectivity index (χ0) is 14.7. The lowest BCUT2D eigenvalue weighted by Gasteiger charge is -2.10. The van der Waals surface area contributed by atoms with Gasteiger partial charge in [-0.1, -0.05) is 11.6 Å². The summed E-state index contributed by atoms with van der Waals surface area (Å²) in [6, 6.07) is 3.89. The molecule has 0 bridgehead atoms. The zero-order valence-corrected chi connectivity index (χ0v) is 10.7. The van der Waals surface area contributed by atoms with Gasteiger partial charge in [-0.25, -0.2) is 9.78 Å². The summed E-state index contributed by atoms with van der Waals surface area (Å²) in [5.74, 6) is -0.884. The Morgan fingerprint density at radius 3 is 2.85 bits per heavy atom. The minimum absolute atomic E-state index is 0.0106. The first-order chi connectivity index (χ1) is 9.49. The molecule has 106 valence electrons. The van der Waals surface area contributed by atoms with E-state index in [-0.39, 0.29) is 28.8 Å². The van der Waals surface area contributed by atoms with Crippen LogP contribution in [0.3, 0.4) is 0 Å². The van der Waals surface area contributed by atoms with Crippen molar-refractivity contribution in [2.75, 3.05) is 0 Å². The molecule has 0 radical (unpaired) electrons. The van der Waals surface area contributed by atoms with Crippen molar-refractivity contribution in [1.82, 2.24) is 9.55 Å². The molecule has 0 unspecified atom stereocenters. The predicted octanol–water partition coefficient (Wildman–Crippen LogP) is 3.21. The molecule has 0 spiro atoms. The van der Waals surface area contributed by atoms with E-state index in [1.807, 2.05) is 0 Å². The lowest BCUT2D eigenvalue weighted by Crippen LogP contribution is -2.07. The van der Waals surface area contributed by atoms with Crippen LogP contribution >= 0.6 is 11.6 Å². The van der Waals surface area contributed by atoms with Gasteiger partial charge in [0, 0.05) is 12.4 Å². The summed E-state index contributed by atoms with van der Waals surface area (Å²) in [4.78, 5) is 14.5. The Hall–Kier alpha value is -2.15. The van der Waals surface area contributed by atoms with Crippen molar-refractivity contribution in [3.8, 4) is 5.75 Å². The summed E-state index contributed by atoms with van der Waals surface area (Å²) in [6.45, 7) is -2.91. The number of carbonyl (C=O) groups is 1. The van der Waals surface area contributed by atoms with Crippen LogP contribution in [0.15, 0.2) is 30.6 Å². The molecule has 1 heterocycles. The molecule has 2 rings (SSSR count). The van der Waals surface area contributed by atoms with E-state index >= 15 is 0 Å². The highest BCUT2D eigenvalue weighted by Crippen LogP contribution is 2.26. The number of rotatable bonds is 5. The molecule has 1 N–H and O–H groups in total. The number of aromatic carboxylic acids is 1. The lowest BCUT2D eigenvalue weighted by molar-refractivity contribution is 0.0631. The topological polar surface area (TPSA) is 64.3 Å². The third-order valence-electron chi connectivity index (χ3n) is 2.49. The molecule has 0 aliphatic carbocycles. The van der Waals surface area contributed by atoms with Crippen molar-refractivity contribution in [2.45, 2.75) is 13.2 Å². The van der Waals surface area contributed by atoms with Gasteiger partial charge >= 0.3 is 12.5 Å². The van der Waals surface area contributed by atoms with Crippen LogP contribution in [-0.4, -0.2) is 20.6 Å². The average Bonchev–Trinajstić information content (AvgIpc) is 2.85. The summed E-state index contributed by atoms with van der Waals surface area (Å²) in [6.07, 6.45) is 2.37. The molecule has 1 aromatic carbocycles. The van der Waals surface area contributed by atoms with Crippen LogP contribution in [0.2, 0.25) is 5.02 Å². The fourth-order valence-electron chi connectivity index (χ4n) is 1.53. The second-order valence-electron chi connectivity index (χ2n) is 3.77.